The lowest BCUT2D eigenvalue weighted by molar-refractivity contribution is 0.253. The van der Waals surface area contributed by atoms with Gasteiger partial charge in [-0.05, 0) is 18.6 Å². The number of nitrogens with one attached hydrogen (secondary N) is 1. The highest BCUT2D eigenvalue weighted by atomic mass is 16.5. The molecule has 26 heavy (non-hydrogen) atoms. The first-order chi connectivity index (χ1) is 12.8. The molecule has 1 aromatic carbocycles. The van der Waals surface area contributed by atoms with E-state index in [-0.39, 0.29) is 18.7 Å². The van der Waals surface area contributed by atoms with Crippen molar-refractivity contribution in [3.63, 3.8) is 0 Å². The van der Waals surface area contributed by atoms with Crippen molar-refractivity contribution in [2.75, 3.05) is 20.3 Å². The summed E-state index contributed by atoms with van der Waals surface area (Å²) in [6, 6.07) is 8.09. The fraction of sp³-hybridized carbons (Fsp3) is 0.316. The van der Waals surface area contributed by atoms with Crippen molar-refractivity contribution >= 4 is 0 Å². The zero-order valence-electron chi connectivity index (χ0n) is 14.5. The van der Waals surface area contributed by atoms with Gasteiger partial charge in [0.05, 0.1) is 24.8 Å². The van der Waals surface area contributed by atoms with Crippen molar-refractivity contribution < 1.29 is 9.84 Å². The summed E-state index contributed by atoms with van der Waals surface area (Å²) in [7, 11) is 1.64. The topological polar surface area (TPSA) is 85.1 Å². The zero-order valence-corrected chi connectivity index (χ0v) is 14.5. The molecule has 7 nitrogen and oxygen atoms in total. The minimum Gasteiger partial charge on any atom is -0.496 e. The molecule has 0 spiro atoms. The predicted molar refractivity (Wildman–Crippen MR) is 97.8 cm³/mol. The number of imidazole rings is 1. The maximum atomic E-state index is 9.33. The summed E-state index contributed by atoms with van der Waals surface area (Å²) in [5.41, 5.74) is 1.72. The average Bonchev–Trinajstić information content (AvgIpc) is 3.37. The molecule has 1 aliphatic heterocycles. The van der Waals surface area contributed by atoms with Crippen LogP contribution in [0.1, 0.15) is 12.5 Å². The highest BCUT2D eigenvalue weighted by Gasteiger charge is 2.26. The van der Waals surface area contributed by atoms with E-state index < -0.39 is 0 Å². The quantitative estimate of drug-likeness (QED) is 0.730. The number of hydrogen-bond acceptors (Lipinski definition) is 6. The number of para-hydroxylation sites is 1. The van der Waals surface area contributed by atoms with Gasteiger partial charge in [0.1, 0.15) is 11.6 Å². The van der Waals surface area contributed by atoms with E-state index >= 15 is 0 Å². The number of nitrogens with zero attached hydrogens (tertiary/aromatic N) is 4. The van der Waals surface area contributed by atoms with Gasteiger partial charge in [-0.1, -0.05) is 12.1 Å². The van der Waals surface area contributed by atoms with Gasteiger partial charge in [0.2, 0.25) is 0 Å². The predicted octanol–water partition coefficient (Wildman–Crippen LogP) is 1.91. The first-order valence-corrected chi connectivity index (χ1v) is 8.63. The van der Waals surface area contributed by atoms with E-state index in [0.29, 0.717) is 5.82 Å². The molecule has 0 saturated carbocycles. The lowest BCUT2D eigenvalue weighted by Gasteiger charge is -2.14. The number of benzene rings is 1. The smallest absolute Gasteiger partial charge is 0.162 e. The van der Waals surface area contributed by atoms with Crippen LogP contribution in [0.5, 0.6) is 5.75 Å². The van der Waals surface area contributed by atoms with Gasteiger partial charge in [-0.3, -0.25) is 0 Å². The van der Waals surface area contributed by atoms with Crippen LogP contribution < -0.4 is 10.1 Å². The molecule has 0 radical (unpaired) electrons. The highest BCUT2D eigenvalue weighted by Crippen LogP contribution is 2.29. The third-order valence-electron chi connectivity index (χ3n) is 4.74. The summed E-state index contributed by atoms with van der Waals surface area (Å²) in [5, 5.41) is 12.7. The molecule has 1 saturated heterocycles. The molecule has 1 aliphatic rings. The first-order valence-electron chi connectivity index (χ1n) is 8.63. The number of ether oxygens (including phenoxy) is 1. The Morgan fingerprint density at radius 3 is 2.77 bits per heavy atom. The number of aromatic nitrogens is 4. The van der Waals surface area contributed by atoms with Crippen LogP contribution in [0.2, 0.25) is 0 Å². The second kappa shape index (κ2) is 7.23. The van der Waals surface area contributed by atoms with E-state index in [0.717, 1.165) is 35.7 Å². The van der Waals surface area contributed by atoms with Gasteiger partial charge >= 0.3 is 0 Å². The molecule has 134 valence electrons. The number of hydrogen-bond donors (Lipinski definition) is 2. The molecule has 0 unspecified atom stereocenters. The minimum absolute atomic E-state index is 0.138. The molecule has 3 heterocycles. The third-order valence-corrected chi connectivity index (χ3v) is 4.74. The molecule has 1 fully saturated rings. The van der Waals surface area contributed by atoms with Crippen LogP contribution in [-0.4, -0.2) is 50.9 Å². The molecular weight excluding hydrogens is 330 g/mol. The van der Waals surface area contributed by atoms with Gasteiger partial charge in [-0.15, -0.1) is 0 Å². The summed E-state index contributed by atoms with van der Waals surface area (Å²) in [6.45, 7) is 0.964. The second-order valence-corrected chi connectivity index (χ2v) is 6.33. The monoisotopic (exact) mass is 351 g/mol. The third kappa shape index (κ3) is 3.07. The Hall–Kier alpha value is -2.77. The number of aliphatic hydroxyl groups is 1. The summed E-state index contributed by atoms with van der Waals surface area (Å²) in [5.74, 6) is 2.20. The Bertz CT molecular complexity index is 878. The highest BCUT2D eigenvalue weighted by molar-refractivity contribution is 5.65. The Labute approximate surface area is 151 Å². The van der Waals surface area contributed by atoms with Crippen LogP contribution in [-0.2, 0) is 0 Å². The fourth-order valence-corrected chi connectivity index (χ4v) is 3.39. The lowest BCUT2D eigenvalue weighted by atomic mass is 10.1. The van der Waals surface area contributed by atoms with Crippen LogP contribution >= 0.6 is 0 Å². The van der Waals surface area contributed by atoms with E-state index in [2.05, 4.69) is 24.8 Å². The summed E-state index contributed by atoms with van der Waals surface area (Å²) in [4.78, 5) is 13.5. The standard InChI is InChI=1S/C19H21N5O2/c1-26-17-5-3-2-4-16(17)18-22-9-13(10-23-18)19-20-6-7-24(19)15-8-14(12-25)21-11-15/h2-7,9-10,14-15,21,25H,8,11-12H2,1H3/t14-,15+/m1/s1. The molecular formula is C19H21N5O2. The van der Waals surface area contributed by atoms with Crippen LogP contribution in [0.25, 0.3) is 22.8 Å². The van der Waals surface area contributed by atoms with E-state index in [1.165, 1.54) is 0 Å². The molecule has 2 aromatic heterocycles. The van der Waals surface area contributed by atoms with Gasteiger partial charge in [-0.2, -0.15) is 0 Å². The zero-order chi connectivity index (χ0) is 17.9. The molecule has 4 rings (SSSR count). The Kier molecular flexibility index (Phi) is 4.64. The van der Waals surface area contributed by atoms with Crippen molar-refractivity contribution in [1.82, 2.24) is 24.8 Å². The van der Waals surface area contributed by atoms with E-state index in [1.54, 1.807) is 25.7 Å². The Morgan fingerprint density at radius 1 is 1.23 bits per heavy atom. The van der Waals surface area contributed by atoms with Crippen molar-refractivity contribution in [1.29, 1.82) is 0 Å². The van der Waals surface area contributed by atoms with Crippen LogP contribution in [0.4, 0.5) is 0 Å². The van der Waals surface area contributed by atoms with Crippen molar-refractivity contribution in [3.05, 3.63) is 49.1 Å². The van der Waals surface area contributed by atoms with E-state index in [9.17, 15) is 5.11 Å². The summed E-state index contributed by atoms with van der Waals surface area (Å²) >= 11 is 0. The number of aliphatic hydroxyl groups excluding tert-OH is 1. The molecule has 3 aromatic rings. The van der Waals surface area contributed by atoms with Gasteiger partial charge < -0.3 is 19.7 Å². The maximum absolute atomic E-state index is 9.33. The van der Waals surface area contributed by atoms with Crippen LogP contribution in [0.3, 0.4) is 0 Å². The van der Waals surface area contributed by atoms with Crippen molar-refractivity contribution in [3.8, 4) is 28.5 Å². The lowest BCUT2D eigenvalue weighted by Crippen LogP contribution is -2.24. The van der Waals surface area contributed by atoms with Crippen LogP contribution in [0, 0.1) is 0 Å². The number of rotatable bonds is 5. The first kappa shape index (κ1) is 16.7. The maximum Gasteiger partial charge on any atom is 0.162 e. The van der Waals surface area contributed by atoms with Crippen molar-refractivity contribution in [2.24, 2.45) is 0 Å². The Balaban J connectivity index is 1.62. The normalized spacial score (nSPS) is 19.6. The summed E-state index contributed by atoms with van der Waals surface area (Å²) < 4.78 is 7.51. The van der Waals surface area contributed by atoms with E-state index in [4.69, 9.17) is 4.74 Å². The van der Waals surface area contributed by atoms with Gasteiger partial charge in [0.15, 0.2) is 5.82 Å². The van der Waals surface area contributed by atoms with E-state index in [1.807, 2.05) is 30.5 Å². The molecule has 2 atom stereocenters. The Morgan fingerprint density at radius 2 is 2.04 bits per heavy atom. The number of methoxy groups -OCH3 is 1. The van der Waals surface area contributed by atoms with Crippen molar-refractivity contribution in [2.45, 2.75) is 18.5 Å². The molecule has 0 aliphatic carbocycles. The second-order valence-electron chi connectivity index (χ2n) is 6.33. The molecule has 0 bridgehead atoms. The van der Waals surface area contributed by atoms with Gasteiger partial charge in [0.25, 0.3) is 0 Å². The molecule has 7 heteroatoms. The molecule has 2 N–H and O–H groups in total. The minimum atomic E-state index is 0.138. The average molecular weight is 351 g/mol. The summed E-state index contributed by atoms with van der Waals surface area (Å²) in [6.07, 6.45) is 8.21. The van der Waals surface area contributed by atoms with Gasteiger partial charge in [0, 0.05) is 43.4 Å². The van der Waals surface area contributed by atoms with Crippen LogP contribution in [0.15, 0.2) is 49.1 Å². The largest absolute Gasteiger partial charge is 0.496 e. The fourth-order valence-electron chi connectivity index (χ4n) is 3.39. The SMILES string of the molecule is COc1ccccc1-c1ncc(-c2nccn2[C@@H]2CN[C@@H](CO)C2)cn1. The molecule has 0 amide bonds. The van der Waals surface area contributed by atoms with Gasteiger partial charge in [-0.25, -0.2) is 15.0 Å².